The van der Waals surface area contributed by atoms with Gasteiger partial charge < -0.3 is 28.4 Å². The average molecular weight is 1130 g/mol. The van der Waals surface area contributed by atoms with E-state index in [9.17, 15) is 19.2 Å². The predicted molar refractivity (Wildman–Crippen MR) is 333 cm³/mol. The van der Waals surface area contributed by atoms with Gasteiger partial charge in [0.2, 0.25) is 0 Å². The number of carbonyl (C=O) groups excluding carboxylic acids is 4. The predicted octanol–water partition coefficient (Wildman–Crippen LogP) is 18.3. The normalized spacial score (nSPS) is 11.2. The van der Waals surface area contributed by atoms with Crippen LogP contribution in [0.4, 0.5) is 11.4 Å². The van der Waals surface area contributed by atoms with Crippen LogP contribution in [0.1, 0.15) is 169 Å². The zero-order valence-electron chi connectivity index (χ0n) is 48.2. The van der Waals surface area contributed by atoms with E-state index in [0.717, 1.165) is 48.3 Å². The van der Waals surface area contributed by atoms with Gasteiger partial charge in [-0.1, -0.05) is 152 Å². The number of rotatable bonds is 32. The highest BCUT2D eigenvalue weighted by Gasteiger charge is 2.17. The quantitative estimate of drug-likeness (QED) is 0.0173. The Morgan fingerprint density at radius 2 is 0.690 bits per heavy atom. The van der Waals surface area contributed by atoms with Crippen LogP contribution in [0.15, 0.2) is 192 Å². The Kier molecular flexibility index (Phi) is 24.0. The molecule has 12 heteroatoms. The molecule has 8 aromatic carbocycles. The summed E-state index contributed by atoms with van der Waals surface area (Å²) in [5, 5.41) is 1.37. The van der Waals surface area contributed by atoms with Crippen molar-refractivity contribution < 1.29 is 47.6 Å². The smallest absolute Gasteiger partial charge is 0.343 e. The third-order valence-corrected chi connectivity index (χ3v) is 14.0. The monoisotopic (exact) mass is 1130 g/mol. The Hall–Kier alpha value is -9.16. The largest absolute Gasteiger partial charge is 0.494 e. The summed E-state index contributed by atoms with van der Waals surface area (Å²) in [5.41, 5.74) is 4.22. The summed E-state index contributed by atoms with van der Waals surface area (Å²) in [7, 11) is 0. The van der Waals surface area contributed by atoms with Gasteiger partial charge in [0.1, 0.15) is 34.5 Å². The molecule has 0 atom stereocenters. The third-order valence-electron chi connectivity index (χ3n) is 14.0. The molecule has 0 aliphatic carbocycles. The molecular weight excluding hydrogens is 1050 g/mol. The van der Waals surface area contributed by atoms with Crippen molar-refractivity contribution in [3.63, 3.8) is 0 Å². The summed E-state index contributed by atoms with van der Waals surface area (Å²) in [6, 6.07) is 51.9. The van der Waals surface area contributed by atoms with Crippen LogP contribution in [-0.2, 0) is 0 Å². The number of carbonyl (C=O) groups is 4. The minimum atomic E-state index is -0.599. The van der Waals surface area contributed by atoms with Gasteiger partial charge in [0, 0.05) is 23.9 Å². The standard InChI is InChI=1S/C72H74N2O10/c1-3-5-7-9-11-13-15-19-47-79-62-39-31-57(32-40-62)69(75)81-64-43-35-60(36-44-64)73-51-53-23-27-55(28-24-53)71(77)83-66-49-59-21-17-18-22-67(59)68(50-66)84-72(78)56-29-25-54(26-30-56)52-74-61-37-45-65(46-38-61)82-70(76)58-33-41-63(42-34-58)80-48-20-16-14-12-10-8-6-4-2/h17-18,21-46,49-52H,3-16,19-20,47-48H2,1-2H3. The van der Waals surface area contributed by atoms with Crippen molar-refractivity contribution in [1.29, 1.82) is 0 Å². The van der Waals surface area contributed by atoms with Gasteiger partial charge in [0.15, 0.2) is 0 Å². The number of ether oxygens (including phenoxy) is 6. The third kappa shape index (κ3) is 19.8. The fourth-order valence-corrected chi connectivity index (χ4v) is 9.18. The molecule has 0 saturated heterocycles. The lowest BCUT2D eigenvalue weighted by molar-refractivity contribution is 0.0719. The first kappa shape index (κ1) is 60.9. The second-order valence-electron chi connectivity index (χ2n) is 20.6. The number of esters is 4. The van der Waals surface area contributed by atoms with E-state index in [1.165, 1.54) is 83.1 Å². The summed E-state index contributed by atoms with van der Waals surface area (Å²) < 4.78 is 34.7. The first-order chi connectivity index (χ1) is 41.2. The Bertz CT molecular complexity index is 3410. The lowest BCUT2D eigenvalue weighted by Crippen LogP contribution is -2.11. The first-order valence-corrected chi connectivity index (χ1v) is 29.6. The van der Waals surface area contributed by atoms with Gasteiger partial charge in [0.25, 0.3) is 0 Å². The zero-order chi connectivity index (χ0) is 58.6. The molecule has 0 aromatic heterocycles. The fraction of sp³-hybridized carbons (Fsp3) is 0.278. The van der Waals surface area contributed by atoms with E-state index in [1.54, 1.807) is 164 Å². The highest BCUT2D eigenvalue weighted by Crippen LogP contribution is 2.33. The maximum Gasteiger partial charge on any atom is 0.343 e. The molecule has 0 aliphatic heterocycles. The highest BCUT2D eigenvalue weighted by atomic mass is 16.6. The van der Waals surface area contributed by atoms with E-state index in [2.05, 4.69) is 23.8 Å². The van der Waals surface area contributed by atoms with Crippen molar-refractivity contribution >= 4 is 58.5 Å². The molecule has 0 spiro atoms. The fourth-order valence-electron chi connectivity index (χ4n) is 9.18. The summed E-state index contributed by atoms with van der Waals surface area (Å²) >= 11 is 0. The summed E-state index contributed by atoms with van der Waals surface area (Å²) in [6.07, 6.45) is 23.1. The van der Waals surface area contributed by atoms with Crippen molar-refractivity contribution in [2.45, 2.75) is 117 Å². The Balaban J connectivity index is 0.765. The molecule has 8 aromatic rings. The van der Waals surface area contributed by atoms with E-state index in [-0.39, 0.29) is 11.5 Å². The molecule has 0 aliphatic rings. The number of benzene rings is 8. The van der Waals surface area contributed by atoms with E-state index >= 15 is 0 Å². The van der Waals surface area contributed by atoms with Gasteiger partial charge in [-0.05, 0) is 157 Å². The van der Waals surface area contributed by atoms with Gasteiger partial charge >= 0.3 is 23.9 Å². The summed E-state index contributed by atoms with van der Waals surface area (Å²) in [4.78, 5) is 61.8. The average Bonchev–Trinajstić information content (AvgIpc) is 3.64. The number of aliphatic imine (C=N–C) groups is 2. The number of hydrogen-bond donors (Lipinski definition) is 0. The number of fused-ring (bicyclic) bond motifs is 1. The van der Waals surface area contributed by atoms with E-state index in [1.807, 2.05) is 24.3 Å². The van der Waals surface area contributed by atoms with E-state index < -0.39 is 23.9 Å². The van der Waals surface area contributed by atoms with Gasteiger partial charge in [0.05, 0.1) is 46.8 Å². The minimum absolute atomic E-state index is 0.200. The molecule has 8 rings (SSSR count). The second kappa shape index (κ2) is 33.1. The van der Waals surface area contributed by atoms with Gasteiger partial charge in [-0.25, -0.2) is 19.2 Å². The highest BCUT2D eigenvalue weighted by molar-refractivity contribution is 5.98. The Morgan fingerprint density at radius 1 is 0.345 bits per heavy atom. The van der Waals surface area contributed by atoms with Crippen molar-refractivity contribution in [2.24, 2.45) is 9.98 Å². The van der Waals surface area contributed by atoms with Crippen molar-refractivity contribution in [2.75, 3.05) is 13.2 Å². The molecule has 432 valence electrons. The zero-order valence-corrected chi connectivity index (χ0v) is 48.2. The van der Waals surface area contributed by atoms with Crippen LogP contribution in [0.3, 0.4) is 0 Å². The maximum absolute atomic E-state index is 13.5. The molecule has 0 radical (unpaired) electrons. The number of hydrogen-bond acceptors (Lipinski definition) is 12. The molecule has 0 N–H and O–H groups in total. The molecule has 0 saturated carbocycles. The molecule has 0 amide bonds. The molecule has 0 fully saturated rings. The van der Waals surface area contributed by atoms with E-state index in [0.29, 0.717) is 69.1 Å². The van der Waals surface area contributed by atoms with Crippen molar-refractivity contribution in [3.05, 3.63) is 215 Å². The van der Waals surface area contributed by atoms with Gasteiger partial charge in [-0.2, -0.15) is 0 Å². The van der Waals surface area contributed by atoms with Crippen LogP contribution in [0.2, 0.25) is 0 Å². The maximum atomic E-state index is 13.5. The summed E-state index contributed by atoms with van der Waals surface area (Å²) in [6.45, 7) is 5.77. The van der Waals surface area contributed by atoms with Crippen molar-refractivity contribution in [1.82, 2.24) is 0 Å². The molecule has 0 heterocycles. The molecule has 0 bridgehead atoms. The lowest BCUT2D eigenvalue weighted by atomic mass is 10.1. The van der Waals surface area contributed by atoms with Gasteiger partial charge in [-0.15, -0.1) is 0 Å². The van der Waals surface area contributed by atoms with Crippen LogP contribution in [0.25, 0.3) is 10.8 Å². The molecular formula is C72H74N2O10. The number of nitrogens with zero attached hydrogens (tertiary/aromatic N) is 2. The van der Waals surface area contributed by atoms with Crippen LogP contribution >= 0.6 is 0 Å². The first-order valence-electron chi connectivity index (χ1n) is 29.6. The van der Waals surface area contributed by atoms with E-state index in [4.69, 9.17) is 28.4 Å². The van der Waals surface area contributed by atoms with Crippen LogP contribution in [0.5, 0.6) is 34.5 Å². The molecule has 12 nitrogen and oxygen atoms in total. The molecule has 84 heavy (non-hydrogen) atoms. The van der Waals surface area contributed by atoms with Crippen molar-refractivity contribution in [3.8, 4) is 34.5 Å². The number of unbranched alkanes of at least 4 members (excludes halogenated alkanes) is 14. The van der Waals surface area contributed by atoms with Gasteiger partial charge in [-0.3, -0.25) is 9.98 Å². The van der Waals surface area contributed by atoms with Crippen LogP contribution < -0.4 is 28.4 Å². The SMILES string of the molecule is CCCCCCCCCCOc1ccc(C(=O)Oc2ccc(N=Cc3ccc(C(=O)Oc4cc(OC(=O)c5ccc(C=Nc6ccc(OC(=O)c7ccc(OCCCCCCCCCC)cc7)cc6)cc5)c5ccccc5c4)cc3)cc2)cc1. The summed E-state index contributed by atoms with van der Waals surface area (Å²) in [5.74, 6) is 0.521. The second-order valence-corrected chi connectivity index (χ2v) is 20.6. The Labute approximate surface area is 493 Å². The van der Waals surface area contributed by atoms with Crippen LogP contribution in [0, 0.1) is 0 Å². The Morgan fingerprint density at radius 3 is 1.11 bits per heavy atom. The van der Waals surface area contributed by atoms with Crippen LogP contribution in [-0.4, -0.2) is 49.5 Å². The lowest BCUT2D eigenvalue weighted by Gasteiger charge is -2.11. The minimum Gasteiger partial charge on any atom is -0.494 e. The molecule has 0 unspecified atom stereocenters. The topological polar surface area (TPSA) is 148 Å².